The second kappa shape index (κ2) is 7.20. The van der Waals surface area contributed by atoms with E-state index in [-0.39, 0.29) is 10.8 Å². The lowest BCUT2D eigenvalue weighted by Crippen LogP contribution is -2.20. The maximum atomic E-state index is 13.0. The maximum Gasteiger partial charge on any atom is 0.417 e. The quantitative estimate of drug-likeness (QED) is 0.768. The van der Waals surface area contributed by atoms with Crippen molar-refractivity contribution in [2.24, 2.45) is 0 Å². The molecule has 0 atom stereocenters. The number of benzene rings is 2. The van der Waals surface area contributed by atoms with Crippen LogP contribution >= 0.6 is 12.2 Å². The third-order valence-corrected chi connectivity index (χ3v) is 3.51. The Kier molecular flexibility index (Phi) is 5.26. The molecule has 2 aromatic carbocycles. The monoisotopic (exact) mass is 360 g/mol. The van der Waals surface area contributed by atoms with E-state index < -0.39 is 17.3 Å². The number of hydrogen-bond acceptors (Lipinski definition) is 3. The second-order valence-electron chi connectivity index (χ2n) is 5.09. The summed E-state index contributed by atoms with van der Waals surface area (Å²) in [6.45, 7) is 1.76. The number of aryl methyl sites for hydroxylation is 1. The molecule has 0 saturated carbocycles. The van der Waals surface area contributed by atoms with Crippen LogP contribution in [0.4, 0.5) is 24.5 Å². The predicted octanol–water partition coefficient (Wildman–Crippen LogP) is 4.57. The van der Waals surface area contributed by atoms with E-state index in [1.165, 1.54) is 12.1 Å². The molecule has 2 N–H and O–H groups in total. The molecule has 8 heteroatoms. The normalized spacial score (nSPS) is 10.5. The molecule has 0 saturated heterocycles. The van der Waals surface area contributed by atoms with E-state index in [0.29, 0.717) is 11.3 Å². The van der Waals surface area contributed by atoms with Gasteiger partial charge in [0.25, 0.3) is 0 Å². The van der Waals surface area contributed by atoms with Gasteiger partial charge in [-0.05, 0) is 61.1 Å². The Hall–Kier alpha value is -3.10. The van der Waals surface area contributed by atoms with Gasteiger partial charge in [-0.3, -0.25) is 0 Å². The zero-order valence-electron chi connectivity index (χ0n) is 12.9. The molecule has 0 aliphatic carbocycles. The van der Waals surface area contributed by atoms with Gasteiger partial charge in [0.05, 0.1) is 28.8 Å². The molecule has 2 rings (SSSR count). The van der Waals surface area contributed by atoms with Gasteiger partial charge < -0.3 is 10.6 Å². The van der Waals surface area contributed by atoms with Crippen molar-refractivity contribution in [1.29, 1.82) is 10.5 Å². The number of rotatable bonds is 2. The first kappa shape index (κ1) is 18.2. The fourth-order valence-electron chi connectivity index (χ4n) is 2.11. The largest absolute Gasteiger partial charge is 0.417 e. The van der Waals surface area contributed by atoms with Crippen molar-refractivity contribution in [2.75, 3.05) is 10.6 Å². The van der Waals surface area contributed by atoms with E-state index in [9.17, 15) is 13.2 Å². The van der Waals surface area contributed by atoms with Crippen LogP contribution < -0.4 is 10.6 Å². The highest BCUT2D eigenvalue weighted by molar-refractivity contribution is 7.80. The molecule has 0 unspecified atom stereocenters. The molecule has 0 amide bonds. The van der Waals surface area contributed by atoms with Gasteiger partial charge in [-0.15, -0.1) is 0 Å². The van der Waals surface area contributed by atoms with Crippen LogP contribution in [0.5, 0.6) is 0 Å². The molecule has 0 aliphatic heterocycles. The molecule has 0 bridgehead atoms. The highest BCUT2D eigenvalue weighted by Gasteiger charge is 2.33. The lowest BCUT2D eigenvalue weighted by Gasteiger charge is -2.14. The third kappa shape index (κ3) is 4.46. The van der Waals surface area contributed by atoms with Gasteiger partial charge in [-0.2, -0.15) is 23.7 Å². The number of halogens is 3. The minimum Gasteiger partial charge on any atom is -0.332 e. The lowest BCUT2D eigenvalue weighted by atomic mass is 10.1. The van der Waals surface area contributed by atoms with Crippen LogP contribution in [0.3, 0.4) is 0 Å². The zero-order chi connectivity index (χ0) is 18.6. The Bertz CT molecular complexity index is 908. The molecule has 0 aliphatic rings. The van der Waals surface area contributed by atoms with Crippen LogP contribution in [0.2, 0.25) is 0 Å². The average Bonchev–Trinajstić information content (AvgIpc) is 2.54. The van der Waals surface area contributed by atoms with Gasteiger partial charge >= 0.3 is 6.18 Å². The highest BCUT2D eigenvalue weighted by atomic mass is 32.1. The molecule has 25 heavy (non-hydrogen) atoms. The fourth-order valence-corrected chi connectivity index (χ4v) is 2.35. The molecule has 0 fully saturated rings. The van der Waals surface area contributed by atoms with Gasteiger partial charge in [-0.25, -0.2) is 0 Å². The number of nitrogens with one attached hydrogen (secondary N) is 2. The Morgan fingerprint density at radius 3 is 1.96 bits per heavy atom. The van der Waals surface area contributed by atoms with Crippen molar-refractivity contribution in [3.63, 3.8) is 0 Å². The molecule has 0 aromatic heterocycles. The molecule has 0 heterocycles. The van der Waals surface area contributed by atoms with Gasteiger partial charge in [0.1, 0.15) is 0 Å². The maximum absolute atomic E-state index is 13.0. The van der Waals surface area contributed by atoms with Crippen molar-refractivity contribution < 1.29 is 13.2 Å². The van der Waals surface area contributed by atoms with E-state index in [0.717, 1.165) is 17.7 Å². The van der Waals surface area contributed by atoms with Crippen molar-refractivity contribution in [3.05, 3.63) is 58.7 Å². The number of thiocarbonyl (C=S) groups is 1. The predicted molar refractivity (Wildman–Crippen MR) is 91.9 cm³/mol. The molecule has 4 nitrogen and oxygen atoms in total. The summed E-state index contributed by atoms with van der Waals surface area (Å²) in [5, 5.41) is 23.3. The molecule has 0 radical (unpaired) electrons. The van der Waals surface area contributed by atoms with Crippen molar-refractivity contribution in [3.8, 4) is 12.1 Å². The lowest BCUT2D eigenvalue weighted by molar-refractivity contribution is -0.137. The summed E-state index contributed by atoms with van der Waals surface area (Å²) in [5.74, 6) is 0. The van der Waals surface area contributed by atoms with E-state index in [2.05, 4.69) is 10.6 Å². The van der Waals surface area contributed by atoms with Crippen LogP contribution in [-0.4, -0.2) is 5.11 Å². The van der Waals surface area contributed by atoms with E-state index in [4.69, 9.17) is 22.7 Å². The van der Waals surface area contributed by atoms with E-state index in [1.54, 1.807) is 25.1 Å². The number of nitriles is 2. The number of hydrogen-bond donors (Lipinski definition) is 2. The topological polar surface area (TPSA) is 71.6 Å². The SMILES string of the molecule is Cc1cc(NC(=S)Nc2ccc(C#N)c(C(F)(F)F)c2)ccc1C#N. The minimum atomic E-state index is -4.64. The molecular weight excluding hydrogens is 349 g/mol. The summed E-state index contributed by atoms with van der Waals surface area (Å²) in [7, 11) is 0. The standard InChI is InChI=1S/C17H11F3N4S/c1-10-6-13(4-2-11(10)8-21)23-16(25)24-14-5-3-12(9-22)15(7-14)17(18,19)20/h2-7H,1H3,(H2,23,24,25). The van der Waals surface area contributed by atoms with Crippen molar-refractivity contribution in [1.82, 2.24) is 0 Å². The summed E-state index contributed by atoms with van der Waals surface area (Å²) in [5.41, 5.74) is 0.476. The molecule has 126 valence electrons. The van der Waals surface area contributed by atoms with Gasteiger partial charge in [0, 0.05) is 11.4 Å². The first-order valence-corrected chi connectivity index (χ1v) is 7.35. The number of nitrogens with zero attached hydrogens (tertiary/aromatic N) is 2. The first-order valence-electron chi connectivity index (χ1n) is 6.94. The van der Waals surface area contributed by atoms with Crippen LogP contribution in [-0.2, 0) is 6.18 Å². The van der Waals surface area contributed by atoms with Crippen LogP contribution in [0.1, 0.15) is 22.3 Å². The Labute approximate surface area is 147 Å². The summed E-state index contributed by atoms with van der Waals surface area (Å²) in [6, 6.07) is 11.8. The van der Waals surface area contributed by atoms with Crippen LogP contribution in [0.25, 0.3) is 0 Å². The van der Waals surface area contributed by atoms with Gasteiger partial charge in [0.2, 0.25) is 0 Å². The van der Waals surface area contributed by atoms with E-state index >= 15 is 0 Å². The second-order valence-corrected chi connectivity index (χ2v) is 5.50. The number of anilines is 2. The third-order valence-electron chi connectivity index (χ3n) is 3.31. The smallest absolute Gasteiger partial charge is 0.332 e. The average molecular weight is 360 g/mol. The van der Waals surface area contributed by atoms with E-state index in [1.807, 2.05) is 6.07 Å². The first-order chi connectivity index (χ1) is 11.7. The Morgan fingerprint density at radius 1 is 0.960 bits per heavy atom. The molecule has 0 spiro atoms. The zero-order valence-corrected chi connectivity index (χ0v) is 13.7. The van der Waals surface area contributed by atoms with Crippen LogP contribution in [0, 0.1) is 29.6 Å². The fraction of sp³-hybridized carbons (Fsp3) is 0.118. The van der Waals surface area contributed by atoms with Crippen molar-refractivity contribution >= 4 is 28.7 Å². The summed E-state index contributed by atoms with van der Waals surface area (Å²) < 4.78 is 38.9. The van der Waals surface area contributed by atoms with Gasteiger partial charge in [-0.1, -0.05) is 0 Å². The van der Waals surface area contributed by atoms with Crippen LogP contribution in [0.15, 0.2) is 36.4 Å². The van der Waals surface area contributed by atoms with Gasteiger partial charge in [0.15, 0.2) is 5.11 Å². The molecular formula is C17H11F3N4S. The summed E-state index contributed by atoms with van der Waals surface area (Å²) in [4.78, 5) is 0. The summed E-state index contributed by atoms with van der Waals surface area (Å²) >= 11 is 5.09. The number of alkyl halides is 3. The molecule has 2 aromatic rings. The Balaban J connectivity index is 2.17. The minimum absolute atomic E-state index is 0.0851. The van der Waals surface area contributed by atoms with Crippen molar-refractivity contribution in [2.45, 2.75) is 13.1 Å². The highest BCUT2D eigenvalue weighted by Crippen LogP contribution is 2.33. The summed E-state index contributed by atoms with van der Waals surface area (Å²) in [6.07, 6.45) is -4.64. The Morgan fingerprint density at radius 2 is 1.48 bits per heavy atom.